The maximum absolute atomic E-state index is 13.7. The average molecular weight is 356 g/mol. The minimum absolute atomic E-state index is 0.282. The van der Waals surface area contributed by atoms with Crippen molar-refractivity contribution in [2.75, 3.05) is 19.0 Å². The van der Waals surface area contributed by atoms with Gasteiger partial charge in [0, 0.05) is 6.07 Å². The zero-order chi connectivity index (χ0) is 17.7. The van der Waals surface area contributed by atoms with Crippen LogP contribution in [-0.4, -0.2) is 25.6 Å². The van der Waals surface area contributed by atoms with Crippen LogP contribution >= 0.6 is 11.6 Å². The van der Waals surface area contributed by atoms with E-state index in [-0.39, 0.29) is 11.4 Å². The molecule has 0 atom stereocenters. The fraction of sp³-hybridized carbons (Fsp3) is 0.125. The molecule has 0 spiro atoms. The van der Waals surface area contributed by atoms with Crippen molar-refractivity contribution in [3.05, 3.63) is 58.6 Å². The summed E-state index contributed by atoms with van der Waals surface area (Å²) in [5, 5.41) is 2.50. The number of methoxy groups -OCH3 is 1. The Kier molecular flexibility index (Phi) is 5.70. The van der Waals surface area contributed by atoms with Gasteiger partial charge in [0.05, 0.1) is 23.4 Å². The topological polar surface area (TPSA) is 64.6 Å². The summed E-state index contributed by atoms with van der Waals surface area (Å²) in [4.78, 5) is 23.2. The molecular weight excluding hydrogens is 344 g/mol. The maximum atomic E-state index is 13.7. The number of hydrogen-bond donors (Lipinski definition) is 1. The zero-order valence-electron chi connectivity index (χ0n) is 12.4. The molecule has 5 nitrogen and oxygen atoms in total. The first kappa shape index (κ1) is 17.7. The number of para-hydroxylation sites is 1. The summed E-state index contributed by atoms with van der Waals surface area (Å²) < 4.78 is 36.8. The highest BCUT2D eigenvalue weighted by Gasteiger charge is 2.18. The van der Waals surface area contributed by atoms with E-state index >= 15 is 0 Å². The van der Waals surface area contributed by atoms with Gasteiger partial charge in [-0.2, -0.15) is 0 Å². The van der Waals surface area contributed by atoms with Crippen molar-refractivity contribution in [2.24, 2.45) is 0 Å². The van der Waals surface area contributed by atoms with Gasteiger partial charge in [-0.3, -0.25) is 4.79 Å². The van der Waals surface area contributed by atoms with Gasteiger partial charge in [-0.1, -0.05) is 23.7 Å². The number of hydrogen-bond acceptors (Lipinski definition) is 4. The summed E-state index contributed by atoms with van der Waals surface area (Å²) in [5.74, 6) is -3.55. The molecule has 0 heterocycles. The number of benzene rings is 2. The van der Waals surface area contributed by atoms with E-state index in [0.717, 1.165) is 13.2 Å². The Labute approximate surface area is 141 Å². The van der Waals surface area contributed by atoms with E-state index in [1.54, 1.807) is 24.3 Å². The molecule has 2 aromatic rings. The van der Waals surface area contributed by atoms with Crippen molar-refractivity contribution in [3.63, 3.8) is 0 Å². The van der Waals surface area contributed by atoms with Crippen LogP contribution in [0.15, 0.2) is 36.4 Å². The molecule has 0 unspecified atom stereocenters. The highest BCUT2D eigenvalue weighted by atomic mass is 35.5. The Hall–Kier alpha value is -2.67. The summed E-state index contributed by atoms with van der Waals surface area (Å²) in [6, 6.07) is 7.83. The lowest BCUT2D eigenvalue weighted by Gasteiger charge is -2.10. The van der Waals surface area contributed by atoms with Crippen LogP contribution in [0, 0.1) is 11.6 Å². The van der Waals surface area contributed by atoms with E-state index in [1.165, 1.54) is 0 Å². The molecule has 1 amide bonds. The molecule has 2 rings (SSSR count). The molecule has 0 aliphatic rings. The van der Waals surface area contributed by atoms with Crippen molar-refractivity contribution < 1.29 is 27.8 Å². The number of rotatable bonds is 5. The maximum Gasteiger partial charge on any atom is 0.340 e. The predicted molar refractivity (Wildman–Crippen MR) is 83.3 cm³/mol. The number of carbonyl (C=O) groups is 2. The molecule has 2 aromatic carbocycles. The lowest BCUT2D eigenvalue weighted by Crippen LogP contribution is -2.21. The monoisotopic (exact) mass is 355 g/mol. The number of anilines is 1. The van der Waals surface area contributed by atoms with E-state index in [9.17, 15) is 18.4 Å². The van der Waals surface area contributed by atoms with Crippen LogP contribution in [0.4, 0.5) is 14.5 Å². The zero-order valence-corrected chi connectivity index (χ0v) is 13.2. The molecule has 0 aromatic heterocycles. The third kappa shape index (κ3) is 4.20. The fourth-order valence-corrected chi connectivity index (χ4v) is 1.99. The molecule has 24 heavy (non-hydrogen) atoms. The van der Waals surface area contributed by atoms with Crippen LogP contribution in [0.1, 0.15) is 10.4 Å². The first-order chi connectivity index (χ1) is 11.4. The highest BCUT2D eigenvalue weighted by molar-refractivity contribution is 6.32. The lowest BCUT2D eigenvalue weighted by atomic mass is 10.1. The molecule has 8 heteroatoms. The summed E-state index contributed by atoms with van der Waals surface area (Å²) in [5.41, 5.74) is -0.870. The standard InChI is InChI=1S/C16H12ClF2NO4/c1-23-16(22)9-6-13(12(19)7-11(9)18)20-15(21)8-24-14-5-3-2-4-10(14)17/h2-7H,8H2,1H3,(H,20,21). The van der Waals surface area contributed by atoms with Gasteiger partial charge in [0.15, 0.2) is 6.61 Å². The SMILES string of the molecule is COC(=O)c1cc(NC(=O)COc2ccccc2Cl)c(F)cc1F. The van der Waals surface area contributed by atoms with Crippen LogP contribution < -0.4 is 10.1 Å². The van der Waals surface area contributed by atoms with E-state index in [0.29, 0.717) is 11.1 Å². The molecule has 0 saturated heterocycles. The number of amides is 1. The Balaban J connectivity index is 2.08. The summed E-state index contributed by atoms with van der Waals surface area (Å²) in [6.07, 6.45) is 0. The second-order valence-corrected chi connectivity index (χ2v) is 4.98. The molecule has 1 N–H and O–H groups in total. The van der Waals surface area contributed by atoms with Crippen LogP contribution in [0.2, 0.25) is 5.02 Å². The van der Waals surface area contributed by atoms with Gasteiger partial charge in [0.1, 0.15) is 17.4 Å². The van der Waals surface area contributed by atoms with Crippen LogP contribution in [-0.2, 0) is 9.53 Å². The van der Waals surface area contributed by atoms with E-state index in [2.05, 4.69) is 10.1 Å². The van der Waals surface area contributed by atoms with Crippen molar-refractivity contribution in [2.45, 2.75) is 0 Å². The number of halogens is 3. The molecule has 0 fully saturated rings. The molecule has 0 bridgehead atoms. The molecule has 126 valence electrons. The minimum Gasteiger partial charge on any atom is -0.482 e. The number of carbonyl (C=O) groups excluding carboxylic acids is 2. The van der Waals surface area contributed by atoms with Crippen LogP contribution in [0.3, 0.4) is 0 Å². The van der Waals surface area contributed by atoms with Gasteiger partial charge in [0.2, 0.25) is 0 Å². The highest BCUT2D eigenvalue weighted by Crippen LogP contribution is 2.23. The number of esters is 1. The number of nitrogens with one attached hydrogen (secondary N) is 1. The second-order valence-electron chi connectivity index (χ2n) is 4.57. The second kappa shape index (κ2) is 7.74. The van der Waals surface area contributed by atoms with E-state index < -0.39 is 35.7 Å². The Morgan fingerprint density at radius 1 is 1.17 bits per heavy atom. The molecule has 0 aliphatic heterocycles. The summed E-state index contributed by atoms with van der Waals surface area (Å²) in [7, 11) is 1.06. The van der Waals surface area contributed by atoms with E-state index in [4.69, 9.17) is 16.3 Å². The summed E-state index contributed by atoms with van der Waals surface area (Å²) >= 11 is 5.87. The van der Waals surface area contributed by atoms with Crippen molar-refractivity contribution in [1.29, 1.82) is 0 Å². The Morgan fingerprint density at radius 2 is 1.88 bits per heavy atom. The predicted octanol–water partition coefficient (Wildman–Crippen LogP) is 3.42. The van der Waals surface area contributed by atoms with Crippen LogP contribution in [0.5, 0.6) is 5.75 Å². The first-order valence-corrected chi connectivity index (χ1v) is 7.04. The quantitative estimate of drug-likeness (QED) is 0.835. The summed E-state index contributed by atoms with van der Waals surface area (Å²) in [6.45, 7) is -0.450. The molecule has 0 saturated carbocycles. The Morgan fingerprint density at radius 3 is 2.54 bits per heavy atom. The normalized spacial score (nSPS) is 10.2. The molecule has 0 aliphatic carbocycles. The molecular formula is C16H12ClF2NO4. The van der Waals surface area contributed by atoms with Gasteiger partial charge in [-0.05, 0) is 18.2 Å². The van der Waals surface area contributed by atoms with Gasteiger partial charge in [-0.15, -0.1) is 0 Å². The fourth-order valence-electron chi connectivity index (χ4n) is 1.80. The van der Waals surface area contributed by atoms with E-state index in [1.807, 2.05) is 0 Å². The Bertz CT molecular complexity index is 783. The lowest BCUT2D eigenvalue weighted by molar-refractivity contribution is -0.118. The van der Waals surface area contributed by atoms with Gasteiger partial charge >= 0.3 is 5.97 Å². The van der Waals surface area contributed by atoms with Gasteiger partial charge in [0.25, 0.3) is 5.91 Å². The largest absolute Gasteiger partial charge is 0.482 e. The minimum atomic E-state index is -1.09. The number of ether oxygens (including phenoxy) is 2. The average Bonchev–Trinajstić information content (AvgIpc) is 2.56. The van der Waals surface area contributed by atoms with Crippen molar-refractivity contribution in [3.8, 4) is 5.75 Å². The third-order valence-corrected chi connectivity index (χ3v) is 3.24. The van der Waals surface area contributed by atoms with Crippen molar-refractivity contribution >= 4 is 29.2 Å². The van der Waals surface area contributed by atoms with Crippen molar-refractivity contribution in [1.82, 2.24) is 0 Å². The smallest absolute Gasteiger partial charge is 0.340 e. The third-order valence-electron chi connectivity index (χ3n) is 2.93. The van der Waals surface area contributed by atoms with Gasteiger partial charge < -0.3 is 14.8 Å². The van der Waals surface area contributed by atoms with Gasteiger partial charge in [-0.25, -0.2) is 13.6 Å². The molecule has 0 radical (unpaired) electrons. The first-order valence-electron chi connectivity index (χ1n) is 6.67. The van der Waals surface area contributed by atoms with Crippen LogP contribution in [0.25, 0.3) is 0 Å².